The molecule has 2 rings (SSSR count). The molecule has 0 fully saturated rings. The van der Waals surface area contributed by atoms with Gasteiger partial charge >= 0.3 is 0 Å². The van der Waals surface area contributed by atoms with E-state index in [9.17, 15) is 8.78 Å². The lowest BCUT2D eigenvalue weighted by molar-refractivity contribution is 0.414. The van der Waals surface area contributed by atoms with Gasteiger partial charge in [0.1, 0.15) is 17.4 Å². The Bertz CT molecular complexity index is 717. The van der Waals surface area contributed by atoms with Crippen molar-refractivity contribution in [1.29, 1.82) is 0 Å². The molecule has 0 radical (unpaired) electrons. The number of aliphatic imine (C=N–C) groups is 1. The molecule has 0 unspecified atom stereocenters. The average molecular weight is 347 g/mol. The highest BCUT2D eigenvalue weighted by Gasteiger charge is 2.08. The molecule has 2 aromatic carbocycles. The minimum absolute atomic E-state index is 0.446. The van der Waals surface area contributed by atoms with Gasteiger partial charge < -0.3 is 15.0 Å². The standard InChI is InChI=1S/C19H23F2N3O/c1-22-19(23-11-10-15-6-7-16(20)12-18(15)21)24(2)13-14-4-8-17(25-3)9-5-14/h4-9,12H,10-11,13H2,1-3H3,(H,22,23). The maximum absolute atomic E-state index is 13.6. The number of nitrogens with zero attached hydrogens (tertiary/aromatic N) is 2. The van der Waals surface area contributed by atoms with E-state index < -0.39 is 11.6 Å². The number of hydrogen-bond acceptors (Lipinski definition) is 2. The summed E-state index contributed by atoms with van der Waals surface area (Å²) in [7, 11) is 5.26. The predicted molar refractivity (Wildman–Crippen MR) is 95.9 cm³/mol. The highest BCUT2D eigenvalue weighted by atomic mass is 19.1. The summed E-state index contributed by atoms with van der Waals surface area (Å²) in [6.07, 6.45) is 0.446. The fraction of sp³-hybridized carbons (Fsp3) is 0.316. The van der Waals surface area contributed by atoms with Crippen LogP contribution in [-0.2, 0) is 13.0 Å². The SMILES string of the molecule is CN=C(NCCc1ccc(F)cc1F)N(C)Cc1ccc(OC)cc1. The predicted octanol–water partition coefficient (Wildman–Crippen LogP) is 3.22. The van der Waals surface area contributed by atoms with Crippen LogP contribution in [0.5, 0.6) is 5.75 Å². The van der Waals surface area contributed by atoms with Crippen LogP contribution >= 0.6 is 0 Å². The van der Waals surface area contributed by atoms with Crippen molar-refractivity contribution in [3.05, 3.63) is 65.2 Å². The number of rotatable bonds is 6. The summed E-state index contributed by atoms with van der Waals surface area (Å²) in [5.41, 5.74) is 1.60. The smallest absolute Gasteiger partial charge is 0.193 e. The Morgan fingerprint density at radius 3 is 2.48 bits per heavy atom. The largest absolute Gasteiger partial charge is 0.497 e. The maximum atomic E-state index is 13.6. The second-order valence-electron chi connectivity index (χ2n) is 5.66. The van der Waals surface area contributed by atoms with Gasteiger partial charge in [-0.2, -0.15) is 0 Å². The molecule has 0 heterocycles. The summed E-state index contributed by atoms with van der Waals surface area (Å²) in [6, 6.07) is 11.5. The first-order chi connectivity index (χ1) is 12.0. The first-order valence-corrected chi connectivity index (χ1v) is 8.02. The summed E-state index contributed by atoms with van der Waals surface area (Å²) < 4.78 is 31.7. The molecule has 1 N–H and O–H groups in total. The van der Waals surface area contributed by atoms with E-state index in [1.807, 2.05) is 36.2 Å². The summed E-state index contributed by atoms with van der Waals surface area (Å²) in [6.45, 7) is 1.18. The van der Waals surface area contributed by atoms with E-state index in [1.165, 1.54) is 12.1 Å². The van der Waals surface area contributed by atoms with Gasteiger partial charge in [0.25, 0.3) is 0 Å². The molecule has 0 atom stereocenters. The van der Waals surface area contributed by atoms with Crippen LogP contribution in [0.3, 0.4) is 0 Å². The Hall–Kier alpha value is -2.63. The Balaban J connectivity index is 1.88. The molecule has 0 spiro atoms. The molecule has 4 nitrogen and oxygen atoms in total. The minimum atomic E-state index is -0.566. The highest BCUT2D eigenvalue weighted by molar-refractivity contribution is 5.79. The number of benzene rings is 2. The molecular formula is C19H23F2N3O. The van der Waals surface area contributed by atoms with Crippen molar-refractivity contribution in [2.75, 3.05) is 27.7 Å². The molecule has 25 heavy (non-hydrogen) atoms. The van der Waals surface area contributed by atoms with Crippen LogP contribution in [0.1, 0.15) is 11.1 Å². The van der Waals surface area contributed by atoms with E-state index in [0.717, 1.165) is 17.4 Å². The lowest BCUT2D eigenvalue weighted by Gasteiger charge is -2.22. The third-order valence-corrected chi connectivity index (χ3v) is 3.84. The monoisotopic (exact) mass is 347 g/mol. The summed E-state index contributed by atoms with van der Waals surface area (Å²) in [5, 5.41) is 3.19. The Labute approximate surface area is 147 Å². The van der Waals surface area contributed by atoms with Crippen LogP contribution < -0.4 is 10.1 Å². The summed E-state index contributed by atoms with van der Waals surface area (Å²) >= 11 is 0. The summed E-state index contributed by atoms with van der Waals surface area (Å²) in [4.78, 5) is 6.21. The minimum Gasteiger partial charge on any atom is -0.497 e. The molecule has 6 heteroatoms. The number of hydrogen-bond donors (Lipinski definition) is 1. The second kappa shape index (κ2) is 9.01. The van der Waals surface area contributed by atoms with Crippen LogP contribution in [0.4, 0.5) is 8.78 Å². The van der Waals surface area contributed by atoms with Crippen molar-refractivity contribution in [1.82, 2.24) is 10.2 Å². The Morgan fingerprint density at radius 1 is 1.16 bits per heavy atom. The fourth-order valence-electron chi connectivity index (χ4n) is 2.50. The van der Waals surface area contributed by atoms with Gasteiger partial charge in [-0.15, -0.1) is 0 Å². The Kier molecular flexibility index (Phi) is 6.74. The van der Waals surface area contributed by atoms with E-state index in [0.29, 0.717) is 31.0 Å². The third kappa shape index (κ3) is 5.45. The third-order valence-electron chi connectivity index (χ3n) is 3.84. The second-order valence-corrected chi connectivity index (χ2v) is 5.66. The van der Waals surface area contributed by atoms with E-state index >= 15 is 0 Å². The topological polar surface area (TPSA) is 36.9 Å². The Morgan fingerprint density at radius 2 is 1.88 bits per heavy atom. The van der Waals surface area contributed by atoms with Gasteiger partial charge in [-0.1, -0.05) is 18.2 Å². The van der Waals surface area contributed by atoms with E-state index in [1.54, 1.807) is 14.2 Å². The molecule has 0 saturated carbocycles. The van der Waals surface area contributed by atoms with Crippen molar-refractivity contribution in [3.8, 4) is 5.75 Å². The first-order valence-electron chi connectivity index (χ1n) is 8.02. The number of methoxy groups -OCH3 is 1. The molecule has 0 aliphatic rings. The molecule has 0 saturated heterocycles. The van der Waals surface area contributed by atoms with Crippen LogP contribution in [0.25, 0.3) is 0 Å². The van der Waals surface area contributed by atoms with Crippen molar-refractivity contribution in [2.45, 2.75) is 13.0 Å². The van der Waals surface area contributed by atoms with Crippen LogP contribution in [0, 0.1) is 11.6 Å². The van der Waals surface area contributed by atoms with Gasteiger partial charge in [0, 0.05) is 33.3 Å². The van der Waals surface area contributed by atoms with E-state index in [4.69, 9.17) is 4.74 Å². The summed E-state index contributed by atoms with van der Waals surface area (Å²) in [5.74, 6) is 0.432. The lowest BCUT2D eigenvalue weighted by atomic mass is 10.1. The maximum Gasteiger partial charge on any atom is 0.193 e. The van der Waals surface area contributed by atoms with Gasteiger partial charge in [0.2, 0.25) is 0 Å². The molecule has 0 aliphatic heterocycles. The molecule has 0 bridgehead atoms. The molecule has 2 aromatic rings. The molecule has 0 aromatic heterocycles. The van der Waals surface area contributed by atoms with E-state index in [-0.39, 0.29) is 0 Å². The first kappa shape index (κ1) is 18.7. The zero-order chi connectivity index (χ0) is 18.2. The number of guanidine groups is 1. The van der Waals surface area contributed by atoms with Crippen LogP contribution in [0.15, 0.2) is 47.5 Å². The number of ether oxygens (including phenoxy) is 1. The van der Waals surface area contributed by atoms with Crippen molar-refractivity contribution in [3.63, 3.8) is 0 Å². The molecule has 134 valence electrons. The van der Waals surface area contributed by atoms with Gasteiger partial charge in [-0.05, 0) is 35.7 Å². The van der Waals surface area contributed by atoms with Gasteiger partial charge in [-0.3, -0.25) is 4.99 Å². The van der Waals surface area contributed by atoms with Crippen LogP contribution in [0.2, 0.25) is 0 Å². The van der Waals surface area contributed by atoms with Crippen molar-refractivity contribution in [2.24, 2.45) is 4.99 Å². The van der Waals surface area contributed by atoms with Gasteiger partial charge in [0.15, 0.2) is 5.96 Å². The van der Waals surface area contributed by atoms with Crippen LogP contribution in [-0.4, -0.2) is 38.6 Å². The van der Waals surface area contributed by atoms with Gasteiger partial charge in [0.05, 0.1) is 7.11 Å². The normalized spacial score (nSPS) is 11.3. The quantitative estimate of drug-likeness (QED) is 0.644. The number of halogens is 2. The molecule has 0 aliphatic carbocycles. The average Bonchev–Trinajstić information content (AvgIpc) is 2.61. The highest BCUT2D eigenvalue weighted by Crippen LogP contribution is 2.13. The van der Waals surface area contributed by atoms with Gasteiger partial charge in [-0.25, -0.2) is 8.78 Å². The van der Waals surface area contributed by atoms with Crippen molar-refractivity contribution >= 4 is 5.96 Å². The zero-order valence-electron chi connectivity index (χ0n) is 14.7. The molecule has 0 amide bonds. The molecular weight excluding hydrogens is 324 g/mol. The number of nitrogens with one attached hydrogen (secondary N) is 1. The van der Waals surface area contributed by atoms with Crippen molar-refractivity contribution < 1.29 is 13.5 Å². The lowest BCUT2D eigenvalue weighted by Crippen LogP contribution is -2.39. The zero-order valence-corrected chi connectivity index (χ0v) is 14.7. The van der Waals surface area contributed by atoms with E-state index in [2.05, 4.69) is 10.3 Å². The fourth-order valence-corrected chi connectivity index (χ4v) is 2.50.